The summed E-state index contributed by atoms with van der Waals surface area (Å²) in [6.07, 6.45) is 2.80. The Hall–Kier alpha value is -2.17. The molecule has 0 unspecified atom stereocenters. The van der Waals surface area contributed by atoms with Gasteiger partial charge in [0.2, 0.25) is 5.78 Å². The van der Waals surface area contributed by atoms with E-state index in [0.29, 0.717) is 0 Å². The highest BCUT2D eigenvalue weighted by Crippen LogP contribution is 2.29. The minimum Gasteiger partial charge on any atom is -0.361 e. The second-order valence-corrected chi connectivity index (χ2v) is 4.49. The van der Waals surface area contributed by atoms with Crippen LogP contribution in [0.25, 0.3) is 5.53 Å². The first-order valence-electron chi connectivity index (χ1n) is 6.44. The van der Waals surface area contributed by atoms with Gasteiger partial charge < -0.3 is 5.53 Å². The van der Waals surface area contributed by atoms with Crippen LogP contribution in [0.5, 0.6) is 0 Å². The fraction of sp³-hybridized carbons (Fsp3) is 0.375. The molecule has 0 spiro atoms. The average Bonchev–Trinajstić information content (AvgIpc) is 2.45. The van der Waals surface area contributed by atoms with Crippen LogP contribution in [-0.4, -0.2) is 16.8 Å². The van der Waals surface area contributed by atoms with Gasteiger partial charge in [-0.25, -0.2) is 0 Å². The summed E-state index contributed by atoms with van der Waals surface area (Å²) in [7, 11) is 0. The third kappa shape index (κ3) is 4.54. The Balaban J connectivity index is 2.97. The molecule has 0 heterocycles. The van der Waals surface area contributed by atoms with E-state index in [1.54, 1.807) is 0 Å². The summed E-state index contributed by atoms with van der Waals surface area (Å²) in [5, 5.41) is 0. The fourth-order valence-electron chi connectivity index (χ4n) is 1.89. The molecule has 0 aliphatic rings. The molecular formula is C16H18N2O. The molecule has 0 amide bonds. The Labute approximate surface area is 114 Å². The van der Waals surface area contributed by atoms with Gasteiger partial charge in [-0.05, 0) is 25.0 Å². The van der Waals surface area contributed by atoms with Crippen molar-refractivity contribution in [1.29, 1.82) is 0 Å². The van der Waals surface area contributed by atoms with Gasteiger partial charge in [-0.1, -0.05) is 43.9 Å². The molecule has 19 heavy (non-hydrogen) atoms. The molecule has 1 rings (SSSR count). The normalized spacial score (nSPS) is 10.0. The zero-order valence-corrected chi connectivity index (χ0v) is 11.4. The molecule has 0 radical (unpaired) electrons. The molecule has 1 aromatic rings. The van der Waals surface area contributed by atoms with Gasteiger partial charge in [-0.2, -0.15) is 4.79 Å². The van der Waals surface area contributed by atoms with E-state index in [4.69, 9.17) is 5.53 Å². The van der Waals surface area contributed by atoms with E-state index in [9.17, 15) is 4.79 Å². The lowest BCUT2D eigenvalue weighted by atomic mass is 9.78. The number of benzene rings is 1. The van der Waals surface area contributed by atoms with E-state index in [-0.39, 0.29) is 17.6 Å². The zero-order valence-electron chi connectivity index (χ0n) is 11.4. The maximum atomic E-state index is 11.6. The standard InChI is InChI=1S/C16H18N2O/c1-3-16(4-2,12-15(19)13-18-17)11-10-14-8-6-5-7-9-14/h5-9,13H,3-4,12H2,1-2H3. The van der Waals surface area contributed by atoms with Gasteiger partial charge in [-0.15, -0.1) is 0 Å². The average molecular weight is 254 g/mol. The maximum absolute atomic E-state index is 11.6. The van der Waals surface area contributed by atoms with Crippen molar-refractivity contribution in [2.45, 2.75) is 33.1 Å². The van der Waals surface area contributed by atoms with Crippen molar-refractivity contribution in [3.05, 3.63) is 41.4 Å². The van der Waals surface area contributed by atoms with Gasteiger partial charge in [0.1, 0.15) is 0 Å². The molecule has 0 saturated heterocycles. The Kier molecular flexibility index (Phi) is 5.73. The van der Waals surface area contributed by atoms with Crippen LogP contribution in [-0.2, 0) is 4.79 Å². The molecule has 0 bridgehead atoms. The Morgan fingerprint density at radius 2 is 1.95 bits per heavy atom. The lowest BCUT2D eigenvalue weighted by molar-refractivity contribution is -0.117. The number of ketones is 1. The molecule has 0 atom stereocenters. The van der Waals surface area contributed by atoms with Crippen LogP contribution in [0.1, 0.15) is 38.7 Å². The molecule has 0 aromatic heterocycles. The molecule has 3 heteroatoms. The summed E-state index contributed by atoms with van der Waals surface area (Å²) >= 11 is 0. The minimum absolute atomic E-state index is 0.200. The zero-order chi connectivity index (χ0) is 14.1. The number of carbonyl (C=O) groups excluding carboxylic acids is 1. The predicted molar refractivity (Wildman–Crippen MR) is 75.6 cm³/mol. The Bertz CT molecular complexity index is 527. The number of Topliss-reactive ketones (excluding diaryl/α,β-unsaturated/α-hetero) is 1. The first kappa shape index (κ1) is 14.9. The van der Waals surface area contributed by atoms with Crippen molar-refractivity contribution in [3.8, 4) is 11.8 Å². The van der Waals surface area contributed by atoms with Gasteiger partial charge in [0.05, 0.1) is 0 Å². The molecular weight excluding hydrogens is 236 g/mol. The van der Waals surface area contributed by atoms with Gasteiger partial charge in [0.25, 0.3) is 0 Å². The summed E-state index contributed by atoms with van der Waals surface area (Å²) in [6, 6.07) is 9.71. The van der Waals surface area contributed by atoms with Gasteiger partial charge >= 0.3 is 6.21 Å². The number of hydrogen-bond acceptors (Lipinski definition) is 1. The summed E-state index contributed by atoms with van der Waals surface area (Å²) in [5.74, 6) is 6.15. The summed E-state index contributed by atoms with van der Waals surface area (Å²) in [5.41, 5.74) is 8.99. The molecule has 98 valence electrons. The topological polar surface area (TPSA) is 53.5 Å². The molecule has 0 N–H and O–H groups in total. The van der Waals surface area contributed by atoms with E-state index in [2.05, 4.69) is 16.6 Å². The molecule has 0 saturated carbocycles. The summed E-state index contributed by atoms with van der Waals surface area (Å²) in [4.78, 5) is 14.4. The monoisotopic (exact) mass is 254 g/mol. The van der Waals surface area contributed by atoms with Crippen LogP contribution < -0.4 is 0 Å². The van der Waals surface area contributed by atoms with E-state index in [1.807, 2.05) is 44.2 Å². The van der Waals surface area contributed by atoms with Crippen LogP contribution in [0.15, 0.2) is 30.3 Å². The number of carbonyl (C=O) groups is 1. The quantitative estimate of drug-likeness (QED) is 0.345. The Morgan fingerprint density at radius 3 is 2.47 bits per heavy atom. The highest BCUT2D eigenvalue weighted by Gasteiger charge is 2.27. The van der Waals surface area contributed by atoms with Crippen LogP contribution in [0.4, 0.5) is 0 Å². The van der Waals surface area contributed by atoms with E-state index >= 15 is 0 Å². The highest BCUT2D eigenvalue weighted by molar-refractivity contribution is 6.25. The van der Waals surface area contributed by atoms with Crippen molar-refractivity contribution in [3.63, 3.8) is 0 Å². The minimum atomic E-state index is -0.353. The Morgan fingerprint density at radius 1 is 1.32 bits per heavy atom. The molecule has 0 aliphatic heterocycles. The third-order valence-electron chi connectivity index (χ3n) is 3.31. The summed E-state index contributed by atoms with van der Waals surface area (Å²) in [6.45, 7) is 4.04. The summed E-state index contributed by atoms with van der Waals surface area (Å²) < 4.78 is 0. The van der Waals surface area contributed by atoms with Crippen molar-refractivity contribution in [2.24, 2.45) is 5.41 Å². The number of nitrogens with zero attached hydrogens (tertiary/aromatic N) is 2. The van der Waals surface area contributed by atoms with Crippen molar-refractivity contribution >= 4 is 12.0 Å². The molecule has 3 nitrogen and oxygen atoms in total. The predicted octanol–water partition coefficient (Wildman–Crippen LogP) is 3.10. The maximum Gasteiger partial charge on any atom is 0.323 e. The van der Waals surface area contributed by atoms with Crippen LogP contribution in [0.2, 0.25) is 0 Å². The lowest BCUT2D eigenvalue weighted by Crippen LogP contribution is -2.22. The first-order chi connectivity index (χ1) is 9.15. The van der Waals surface area contributed by atoms with Crippen LogP contribution in [0, 0.1) is 17.3 Å². The van der Waals surface area contributed by atoms with E-state index in [0.717, 1.165) is 24.6 Å². The van der Waals surface area contributed by atoms with Gasteiger partial charge in [0, 0.05) is 17.4 Å². The SMILES string of the molecule is CCC(C#Cc1ccccc1)(CC)CC(=O)C=[N+]=[N-]. The smallest absolute Gasteiger partial charge is 0.323 e. The second-order valence-electron chi connectivity index (χ2n) is 4.49. The fourth-order valence-corrected chi connectivity index (χ4v) is 1.89. The largest absolute Gasteiger partial charge is 0.361 e. The van der Waals surface area contributed by atoms with Gasteiger partial charge in [0.15, 0.2) is 0 Å². The lowest BCUT2D eigenvalue weighted by Gasteiger charge is -2.23. The highest BCUT2D eigenvalue weighted by atomic mass is 16.1. The van der Waals surface area contributed by atoms with E-state index in [1.165, 1.54) is 0 Å². The van der Waals surface area contributed by atoms with E-state index < -0.39 is 0 Å². The van der Waals surface area contributed by atoms with Crippen LogP contribution >= 0.6 is 0 Å². The van der Waals surface area contributed by atoms with Crippen LogP contribution in [0.3, 0.4) is 0 Å². The number of rotatable bonds is 5. The third-order valence-corrected chi connectivity index (χ3v) is 3.31. The molecule has 1 aromatic carbocycles. The van der Waals surface area contributed by atoms with Crippen molar-refractivity contribution < 1.29 is 9.58 Å². The molecule has 0 aliphatic carbocycles. The van der Waals surface area contributed by atoms with Crippen molar-refractivity contribution in [1.82, 2.24) is 0 Å². The van der Waals surface area contributed by atoms with Crippen molar-refractivity contribution in [2.75, 3.05) is 0 Å². The number of hydrogen-bond donors (Lipinski definition) is 0. The second kappa shape index (κ2) is 7.31. The first-order valence-corrected chi connectivity index (χ1v) is 6.44. The molecule has 0 fully saturated rings. The van der Waals surface area contributed by atoms with Gasteiger partial charge in [-0.3, -0.25) is 4.79 Å².